The number of benzene rings is 1. The van der Waals surface area contributed by atoms with Crippen molar-refractivity contribution in [3.8, 4) is 0 Å². The lowest BCUT2D eigenvalue weighted by atomic mass is 10.0. The van der Waals surface area contributed by atoms with Crippen LogP contribution in [0.25, 0.3) is 0 Å². The summed E-state index contributed by atoms with van der Waals surface area (Å²) >= 11 is 0. The van der Waals surface area contributed by atoms with E-state index in [4.69, 9.17) is 4.74 Å². The standard InChI is InChI=1S/C13H17FO2/c1-9-5-6-13(16-9)12(15)8-10-3-2-4-11(14)7-10/h2-4,7,9,12-13,15H,5-6,8H2,1H3. The maximum Gasteiger partial charge on any atom is 0.123 e. The third kappa shape index (κ3) is 2.80. The molecule has 0 aliphatic carbocycles. The van der Waals surface area contributed by atoms with Gasteiger partial charge >= 0.3 is 0 Å². The van der Waals surface area contributed by atoms with E-state index in [0.717, 1.165) is 18.4 Å². The third-order valence-corrected chi connectivity index (χ3v) is 3.03. The summed E-state index contributed by atoms with van der Waals surface area (Å²) in [7, 11) is 0. The number of hydrogen-bond acceptors (Lipinski definition) is 2. The number of aliphatic hydroxyl groups is 1. The highest BCUT2D eigenvalue weighted by molar-refractivity contribution is 5.17. The van der Waals surface area contributed by atoms with Crippen molar-refractivity contribution in [3.63, 3.8) is 0 Å². The molecule has 2 nitrogen and oxygen atoms in total. The zero-order chi connectivity index (χ0) is 11.5. The van der Waals surface area contributed by atoms with Gasteiger partial charge in [0.25, 0.3) is 0 Å². The molecule has 0 radical (unpaired) electrons. The molecule has 3 heteroatoms. The van der Waals surface area contributed by atoms with Crippen molar-refractivity contribution < 1.29 is 14.2 Å². The van der Waals surface area contributed by atoms with Gasteiger partial charge in [-0.1, -0.05) is 12.1 Å². The molecule has 0 saturated carbocycles. The molecule has 0 aromatic heterocycles. The van der Waals surface area contributed by atoms with Crippen LogP contribution in [0.2, 0.25) is 0 Å². The lowest BCUT2D eigenvalue weighted by molar-refractivity contribution is -0.0278. The Morgan fingerprint density at radius 2 is 2.31 bits per heavy atom. The SMILES string of the molecule is CC1CCC(C(O)Cc2cccc(F)c2)O1. The number of halogens is 1. The number of hydrogen-bond donors (Lipinski definition) is 1. The van der Waals surface area contributed by atoms with Crippen molar-refractivity contribution in [1.29, 1.82) is 0 Å². The first-order chi connectivity index (χ1) is 7.65. The summed E-state index contributed by atoms with van der Waals surface area (Å²) in [6.07, 6.45) is 1.93. The first kappa shape index (κ1) is 11.6. The molecule has 0 amide bonds. The molecule has 0 spiro atoms. The van der Waals surface area contributed by atoms with Gasteiger partial charge in [-0.25, -0.2) is 4.39 Å². The van der Waals surface area contributed by atoms with Crippen molar-refractivity contribution in [2.75, 3.05) is 0 Å². The highest BCUT2D eigenvalue weighted by Gasteiger charge is 2.28. The van der Waals surface area contributed by atoms with Crippen molar-refractivity contribution >= 4 is 0 Å². The summed E-state index contributed by atoms with van der Waals surface area (Å²) in [4.78, 5) is 0. The third-order valence-electron chi connectivity index (χ3n) is 3.03. The summed E-state index contributed by atoms with van der Waals surface area (Å²) in [5.74, 6) is -0.259. The second-order valence-corrected chi connectivity index (χ2v) is 4.46. The van der Waals surface area contributed by atoms with Crippen LogP contribution in [-0.4, -0.2) is 23.4 Å². The average molecular weight is 224 g/mol. The van der Waals surface area contributed by atoms with Gasteiger partial charge in [0.05, 0.1) is 18.3 Å². The van der Waals surface area contributed by atoms with Crippen LogP contribution in [0.4, 0.5) is 4.39 Å². The topological polar surface area (TPSA) is 29.5 Å². The van der Waals surface area contributed by atoms with E-state index in [1.807, 2.05) is 13.0 Å². The van der Waals surface area contributed by atoms with Crippen molar-refractivity contribution in [1.82, 2.24) is 0 Å². The van der Waals surface area contributed by atoms with Gasteiger partial charge < -0.3 is 9.84 Å². The molecule has 1 N–H and O–H groups in total. The molecule has 1 fully saturated rings. The normalized spacial score (nSPS) is 26.9. The van der Waals surface area contributed by atoms with Crippen LogP contribution in [0.1, 0.15) is 25.3 Å². The van der Waals surface area contributed by atoms with E-state index < -0.39 is 6.10 Å². The monoisotopic (exact) mass is 224 g/mol. The molecule has 88 valence electrons. The predicted octanol–water partition coefficient (Wildman–Crippen LogP) is 2.30. The summed E-state index contributed by atoms with van der Waals surface area (Å²) in [6.45, 7) is 2.01. The van der Waals surface area contributed by atoms with Gasteiger partial charge in [0.1, 0.15) is 5.82 Å². The van der Waals surface area contributed by atoms with Gasteiger partial charge in [0, 0.05) is 6.42 Å². The van der Waals surface area contributed by atoms with Crippen LogP contribution in [0.15, 0.2) is 24.3 Å². The van der Waals surface area contributed by atoms with Crippen molar-refractivity contribution in [2.24, 2.45) is 0 Å². The zero-order valence-corrected chi connectivity index (χ0v) is 9.40. The Kier molecular flexibility index (Phi) is 3.56. The van der Waals surface area contributed by atoms with E-state index in [9.17, 15) is 9.50 Å². The average Bonchev–Trinajstić information content (AvgIpc) is 2.65. The van der Waals surface area contributed by atoms with Crippen LogP contribution in [0.5, 0.6) is 0 Å². The largest absolute Gasteiger partial charge is 0.390 e. The number of rotatable bonds is 3. The maximum atomic E-state index is 12.9. The minimum atomic E-state index is -0.535. The number of aliphatic hydroxyl groups excluding tert-OH is 1. The van der Waals surface area contributed by atoms with Gasteiger partial charge in [-0.15, -0.1) is 0 Å². The molecule has 3 unspecified atom stereocenters. The molecule has 1 aromatic carbocycles. The molecule has 16 heavy (non-hydrogen) atoms. The van der Waals surface area contributed by atoms with Crippen LogP contribution in [-0.2, 0) is 11.2 Å². The minimum absolute atomic E-state index is 0.0988. The first-order valence-electron chi connectivity index (χ1n) is 5.73. The Morgan fingerprint density at radius 1 is 1.50 bits per heavy atom. The smallest absolute Gasteiger partial charge is 0.123 e. The van der Waals surface area contributed by atoms with Crippen LogP contribution >= 0.6 is 0 Å². The molecule has 1 aromatic rings. The Bertz CT molecular complexity index is 354. The summed E-state index contributed by atoms with van der Waals surface area (Å²) in [5.41, 5.74) is 0.815. The Morgan fingerprint density at radius 3 is 2.94 bits per heavy atom. The van der Waals surface area contributed by atoms with E-state index in [1.54, 1.807) is 6.07 Å². The highest BCUT2D eigenvalue weighted by Crippen LogP contribution is 2.23. The Labute approximate surface area is 95.1 Å². The van der Waals surface area contributed by atoms with E-state index in [-0.39, 0.29) is 18.0 Å². The van der Waals surface area contributed by atoms with Gasteiger partial charge in [0.2, 0.25) is 0 Å². The van der Waals surface area contributed by atoms with Crippen LogP contribution < -0.4 is 0 Å². The quantitative estimate of drug-likeness (QED) is 0.853. The zero-order valence-electron chi connectivity index (χ0n) is 9.40. The molecule has 1 saturated heterocycles. The Balaban J connectivity index is 1.94. The van der Waals surface area contributed by atoms with E-state index >= 15 is 0 Å². The second-order valence-electron chi connectivity index (χ2n) is 4.46. The van der Waals surface area contributed by atoms with Gasteiger partial charge in [0.15, 0.2) is 0 Å². The summed E-state index contributed by atoms with van der Waals surface area (Å²) in [6, 6.07) is 6.35. The summed E-state index contributed by atoms with van der Waals surface area (Å²) in [5, 5.41) is 9.96. The first-order valence-corrected chi connectivity index (χ1v) is 5.73. The molecular weight excluding hydrogens is 207 g/mol. The number of ether oxygens (including phenoxy) is 1. The molecule has 3 atom stereocenters. The van der Waals surface area contributed by atoms with Crippen molar-refractivity contribution in [2.45, 2.75) is 44.5 Å². The van der Waals surface area contributed by atoms with E-state index in [1.165, 1.54) is 12.1 Å². The lowest BCUT2D eigenvalue weighted by Gasteiger charge is -2.18. The summed E-state index contributed by atoms with van der Waals surface area (Å²) < 4.78 is 18.5. The second kappa shape index (κ2) is 4.93. The van der Waals surface area contributed by atoms with Gasteiger partial charge in [-0.05, 0) is 37.5 Å². The van der Waals surface area contributed by atoms with Crippen molar-refractivity contribution in [3.05, 3.63) is 35.6 Å². The lowest BCUT2D eigenvalue weighted by Crippen LogP contribution is -2.28. The van der Waals surface area contributed by atoms with E-state index in [2.05, 4.69) is 0 Å². The highest BCUT2D eigenvalue weighted by atomic mass is 19.1. The van der Waals surface area contributed by atoms with Crippen LogP contribution in [0.3, 0.4) is 0 Å². The fraction of sp³-hybridized carbons (Fsp3) is 0.538. The van der Waals surface area contributed by atoms with Gasteiger partial charge in [-0.3, -0.25) is 0 Å². The minimum Gasteiger partial charge on any atom is -0.390 e. The molecule has 0 bridgehead atoms. The molecule has 1 aliphatic rings. The molecular formula is C13H17FO2. The fourth-order valence-electron chi connectivity index (χ4n) is 2.15. The molecule has 1 aliphatic heterocycles. The maximum absolute atomic E-state index is 12.9. The predicted molar refractivity (Wildman–Crippen MR) is 59.7 cm³/mol. The fourth-order valence-corrected chi connectivity index (χ4v) is 2.15. The molecule has 2 rings (SSSR count). The molecule has 1 heterocycles. The van der Waals surface area contributed by atoms with E-state index in [0.29, 0.717) is 6.42 Å². The van der Waals surface area contributed by atoms with Gasteiger partial charge in [-0.2, -0.15) is 0 Å². The van der Waals surface area contributed by atoms with Crippen LogP contribution in [0, 0.1) is 5.82 Å². The Hall–Kier alpha value is -0.930.